The Kier molecular flexibility index (Phi) is 15.1. The van der Waals surface area contributed by atoms with E-state index < -0.39 is 53.8 Å². The van der Waals surface area contributed by atoms with Gasteiger partial charge in [-0.2, -0.15) is 0 Å². The number of carbonyl (C=O) groups is 6. The summed E-state index contributed by atoms with van der Waals surface area (Å²) in [7, 11) is 0. The third kappa shape index (κ3) is 14.8. The molecule has 7 N–H and O–H groups in total. The van der Waals surface area contributed by atoms with Gasteiger partial charge in [0.2, 0.25) is 17.7 Å². The summed E-state index contributed by atoms with van der Waals surface area (Å²) in [5, 5.41) is 33.3. The lowest BCUT2D eigenvalue weighted by Crippen LogP contribution is -2.53. The van der Waals surface area contributed by atoms with Crippen LogP contribution in [0.5, 0.6) is 0 Å². The molecule has 0 bridgehead atoms. The zero-order valence-corrected chi connectivity index (χ0v) is 31.1. The zero-order valence-electron chi connectivity index (χ0n) is 31.1. The molecule has 3 unspecified atom stereocenters. The number of anilines is 2. The van der Waals surface area contributed by atoms with Crippen LogP contribution in [0.2, 0.25) is 0 Å². The molecule has 3 rings (SSSR count). The van der Waals surface area contributed by atoms with Gasteiger partial charge < -0.3 is 36.8 Å². The first-order valence-corrected chi connectivity index (χ1v) is 17.5. The highest BCUT2D eigenvalue weighted by Gasteiger charge is 2.29. The van der Waals surface area contributed by atoms with Crippen molar-refractivity contribution in [2.24, 2.45) is 11.3 Å². The lowest BCUT2D eigenvalue weighted by molar-refractivity contribution is -0.142. The predicted octanol–water partition coefficient (Wildman–Crippen LogP) is 5.07. The van der Waals surface area contributed by atoms with E-state index in [1.54, 1.807) is 60.7 Å². The molecule has 0 heterocycles. The number of aryl methyl sites for hydroxylation is 1. The molecule has 3 aromatic rings. The Bertz CT molecular complexity index is 1750. The van der Waals surface area contributed by atoms with Crippen LogP contribution in [0.4, 0.5) is 16.2 Å². The first-order valence-electron chi connectivity index (χ1n) is 17.5. The van der Waals surface area contributed by atoms with Crippen molar-refractivity contribution in [1.82, 2.24) is 16.0 Å². The number of rotatable bonds is 17. The van der Waals surface area contributed by atoms with Crippen molar-refractivity contribution in [2.75, 3.05) is 10.6 Å². The Morgan fingerprint density at radius 2 is 1.11 bits per heavy atom. The molecule has 13 heteroatoms. The zero-order chi connectivity index (χ0) is 39.3. The summed E-state index contributed by atoms with van der Waals surface area (Å²) >= 11 is 0. The summed E-state index contributed by atoms with van der Waals surface area (Å²) in [4.78, 5) is 75.9. The molecule has 0 aliphatic rings. The van der Waals surface area contributed by atoms with Crippen LogP contribution in [0.3, 0.4) is 0 Å². The number of carboxylic acids is 2. The Morgan fingerprint density at radius 1 is 0.642 bits per heavy atom. The van der Waals surface area contributed by atoms with Crippen molar-refractivity contribution in [3.8, 4) is 0 Å². The van der Waals surface area contributed by atoms with Crippen LogP contribution in [0.1, 0.15) is 69.7 Å². The van der Waals surface area contributed by atoms with Crippen molar-refractivity contribution in [3.05, 3.63) is 95.1 Å². The van der Waals surface area contributed by atoms with Gasteiger partial charge in [-0.25, -0.2) is 14.4 Å². The monoisotopic (exact) mass is 729 g/mol. The number of carbonyl (C=O) groups excluding carboxylic acids is 4. The van der Waals surface area contributed by atoms with Crippen molar-refractivity contribution < 1.29 is 39.0 Å². The quantitative estimate of drug-likeness (QED) is 0.0997. The molecule has 5 amide bonds. The fraction of sp³-hybridized carbons (Fsp3) is 0.400. The maximum Gasteiger partial charge on any atom is 0.326 e. The van der Waals surface area contributed by atoms with Crippen LogP contribution < -0.4 is 26.6 Å². The number of carboxylic acid groups (broad SMARTS) is 2. The average molecular weight is 730 g/mol. The minimum Gasteiger partial charge on any atom is -0.480 e. The molecule has 0 saturated heterocycles. The highest BCUT2D eigenvalue weighted by Crippen LogP contribution is 2.20. The molecule has 0 spiro atoms. The van der Waals surface area contributed by atoms with Crippen LogP contribution >= 0.6 is 0 Å². The van der Waals surface area contributed by atoms with Gasteiger partial charge in [0.05, 0.1) is 6.42 Å². The first-order chi connectivity index (χ1) is 24.9. The van der Waals surface area contributed by atoms with Gasteiger partial charge in [0, 0.05) is 30.6 Å². The normalized spacial score (nSPS) is 12.9. The van der Waals surface area contributed by atoms with Crippen molar-refractivity contribution in [3.63, 3.8) is 0 Å². The third-order valence-corrected chi connectivity index (χ3v) is 8.15. The Balaban J connectivity index is 1.64. The summed E-state index contributed by atoms with van der Waals surface area (Å²) < 4.78 is 0. The molecule has 0 fully saturated rings. The molecule has 3 aromatic carbocycles. The van der Waals surface area contributed by atoms with Crippen LogP contribution in [0, 0.1) is 18.3 Å². The van der Waals surface area contributed by atoms with E-state index in [4.69, 9.17) is 0 Å². The molecule has 0 aromatic heterocycles. The van der Waals surface area contributed by atoms with Crippen LogP contribution in [-0.2, 0) is 43.2 Å². The van der Waals surface area contributed by atoms with E-state index in [9.17, 15) is 39.0 Å². The minimum absolute atomic E-state index is 0.0205. The van der Waals surface area contributed by atoms with E-state index in [-0.39, 0.29) is 43.4 Å². The highest BCUT2D eigenvalue weighted by atomic mass is 16.4. The first kappa shape index (κ1) is 41.7. The molecule has 0 aliphatic carbocycles. The minimum atomic E-state index is -1.39. The number of nitrogens with one attached hydrogen (secondary N) is 5. The smallest absolute Gasteiger partial charge is 0.326 e. The van der Waals surface area contributed by atoms with E-state index in [0.29, 0.717) is 28.1 Å². The SMILES string of the molecule is Cc1ccc(NC(=O)Nc2ccc(CC(=O)NC(CC(C)C)C(=O)NC(Cc3ccccc3CC(NC(=O)CC(C)(C)C)C(=O)O)C(=O)O)cc2)cc1. The van der Waals surface area contributed by atoms with Gasteiger partial charge in [0.25, 0.3) is 0 Å². The largest absolute Gasteiger partial charge is 0.480 e. The predicted molar refractivity (Wildman–Crippen MR) is 202 cm³/mol. The molecule has 0 saturated carbocycles. The van der Waals surface area contributed by atoms with Gasteiger partial charge >= 0.3 is 18.0 Å². The van der Waals surface area contributed by atoms with Crippen molar-refractivity contribution in [1.29, 1.82) is 0 Å². The lowest BCUT2D eigenvalue weighted by atomic mass is 9.91. The maximum atomic E-state index is 13.5. The second-order valence-corrected chi connectivity index (χ2v) is 14.8. The summed E-state index contributed by atoms with van der Waals surface area (Å²) in [5.74, 6) is -4.09. The fourth-order valence-corrected chi connectivity index (χ4v) is 5.57. The summed E-state index contributed by atoms with van der Waals surface area (Å²) in [6, 6.07) is 16.6. The topological polar surface area (TPSA) is 203 Å². The van der Waals surface area contributed by atoms with Crippen molar-refractivity contribution >= 4 is 47.1 Å². The molecule has 0 aliphatic heterocycles. The van der Waals surface area contributed by atoms with Crippen LogP contribution in [0.15, 0.2) is 72.8 Å². The summed E-state index contributed by atoms with van der Waals surface area (Å²) in [6.45, 7) is 11.3. The number of hydrogen-bond acceptors (Lipinski definition) is 6. The van der Waals surface area contributed by atoms with Crippen LogP contribution in [-0.4, -0.2) is 64.0 Å². The molecule has 3 atom stereocenters. The molecular formula is C40H51N5O8. The Hall–Kier alpha value is -5.72. The van der Waals surface area contributed by atoms with E-state index in [2.05, 4.69) is 26.6 Å². The standard InChI is InChI=1S/C40H51N5O8/c1-24(2)19-31(43-34(46)20-26-13-17-30(18-14-26)42-39(53)41-29-15-11-25(3)12-16-29)36(48)45-33(38(51)52)22-28-10-8-7-9-27(28)21-32(37(49)50)44-35(47)23-40(4,5)6/h7-18,24,31-33H,19-23H2,1-6H3,(H,43,46)(H,44,47)(H,45,48)(H,49,50)(H,51,52)(H2,41,42,53). The maximum absolute atomic E-state index is 13.5. The van der Waals surface area contributed by atoms with Gasteiger partial charge in [-0.15, -0.1) is 0 Å². The van der Waals surface area contributed by atoms with Gasteiger partial charge in [0.1, 0.15) is 18.1 Å². The van der Waals surface area contributed by atoms with Gasteiger partial charge in [-0.1, -0.05) is 88.7 Å². The van der Waals surface area contributed by atoms with Gasteiger partial charge in [-0.05, 0) is 65.6 Å². The number of aliphatic carboxylic acids is 2. The number of amides is 5. The average Bonchev–Trinajstić information content (AvgIpc) is 3.05. The molecule has 284 valence electrons. The van der Waals surface area contributed by atoms with E-state index >= 15 is 0 Å². The van der Waals surface area contributed by atoms with Gasteiger partial charge in [-0.3, -0.25) is 14.4 Å². The van der Waals surface area contributed by atoms with E-state index in [0.717, 1.165) is 5.56 Å². The summed E-state index contributed by atoms with van der Waals surface area (Å²) in [5.41, 5.74) is 3.51. The fourth-order valence-electron chi connectivity index (χ4n) is 5.57. The molecule has 13 nitrogen and oxygen atoms in total. The Morgan fingerprint density at radius 3 is 1.58 bits per heavy atom. The van der Waals surface area contributed by atoms with Crippen molar-refractivity contribution in [2.45, 2.75) is 91.8 Å². The second-order valence-electron chi connectivity index (χ2n) is 14.8. The molecule has 53 heavy (non-hydrogen) atoms. The Labute approximate surface area is 310 Å². The number of urea groups is 1. The lowest BCUT2D eigenvalue weighted by Gasteiger charge is -2.24. The number of hydrogen-bond donors (Lipinski definition) is 7. The number of benzene rings is 3. The second kappa shape index (κ2) is 19.2. The van der Waals surface area contributed by atoms with E-state index in [1.165, 1.54) is 0 Å². The van der Waals surface area contributed by atoms with E-state index in [1.807, 2.05) is 53.7 Å². The van der Waals surface area contributed by atoms with Gasteiger partial charge in [0.15, 0.2) is 0 Å². The third-order valence-electron chi connectivity index (χ3n) is 8.15. The highest BCUT2D eigenvalue weighted by molar-refractivity contribution is 5.99. The molecule has 0 radical (unpaired) electrons. The summed E-state index contributed by atoms with van der Waals surface area (Å²) in [6.07, 6.45) is 0.0496. The van der Waals surface area contributed by atoms with Crippen LogP contribution in [0.25, 0.3) is 0 Å². The molecular weight excluding hydrogens is 678 g/mol.